The van der Waals surface area contributed by atoms with Gasteiger partial charge < -0.3 is 4.74 Å². The normalized spacial score (nSPS) is 9.42. The Morgan fingerprint density at radius 1 is 1.75 bits per heavy atom. The molecular formula is C9H10O2S. The second-order valence-electron chi connectivity index (χ2n) is 2.49. The van der Waals surface area contributed by atoms with E-state index in [-0.39, 0.29) is 5.97 Å². The van der Waals surface area contributed by atoms with Crippen LogP contribution >= 0.6 is 11.3 Å². The summed E-state index contributed by atoms with van der Waals surface area (Å²) in [5.74, 6) is -0.332. The maximum atomic E-state index is 10.9. The van der Waals surface area contributed by atoms with Gasteiger partial charge in [0.25, 0.3) is 0 Å². The number of carbonyl (C=O) groups is 1. The van der Waals surface area contributed by atoms with Crippen molar-refractivity contribution in [3.8, 4) is 0 Å². The van der Waals surface area contributed by atoms with Gasteiger partial charge in [-0.3, -0.25) is 0 Å². The summed E-state index contributed by atoms with van der Waals surface area (Å²) in [6, 6.07) is 1.93. The van der Waals surface area contributed by atoms with Crippen LogP contribution in [-0.2, 0) is 16.1 Å². The molecular weight excluding hydrogens is 172 g/mol. The molecule has 3 heteroatoms. The third-order valence-corrected chi connectivity index (χ3v) is 2.03. The Morgan fingerprint density at radius 3 is 3.00 bits per heavy atom. The van der Waals surface area contributed by atoms with Crippen molar-refractivity contribution in [1.82, 2.24) is 0 Å². The van der Waals surface area contributed by atoms with Gasteiger partial charge >= 0.3 is 5.97 Å². The second kappa shape index (κ2) is 4.07. The van der Waals surface area contributed by atoms with Crippen LogP contribution in [0.3, 0.4) is 0 Å². The lowest BCUT2D eigenvalue weighted by Gasteiger charge is -2.01. The van der Waals surface area contributed by atoms with Gasteiger partial charge in [0, 0.05) is 11.1 Å². The molecule has 0 aliphatic rings. The number of rotatable bonds is 3. The van der Waals surface area contributed by atoms with Crippen molar-refractivity contribution in [2.75, 3.05) is 0 Å². The summed E-state index contributed by atoms with van der Waals surface area (Å²) in [7, 11) is 0. The minimum absolute atomic E-state index is 0.332. The Kier molecular flexibility index (Phi) is 3.05. The lowest BCUT2D eigenvalue weighted by atomic mass is 10.3. The van der Waals surface area contributed by atoms with E-state index in [9.17, 15) is 4.79 Å². The number of thiophene rings is 1. The molecule has 1 heterocycles. The summed E-state index contributed by atoms with van der Waals surface area (Å²) in [5.41, 5.74) is 1.46. The van der Waals surface area contributed by atoms with Gasteiger partial charge in [-0.25, -0.2) is 4.79 Å². The van der Waals surface area contributed by atoms with Crippen molar-refractivity contribution in [2.45, 2.75) is 13.5 Å². The third-order valence-electron chi connectivity index (χ3n) is 1.30. The average molecular weight is 182 g/mol. The quantitative estimate of drug-likeness (QED) is 0.530. The zero-order valence-electron chi connectivity index (χ0n) is 6.87. The smallest absolute Gasteiger partial charge is 0.333 e. The van der Waals surface area contributed by atoms with Crippen molar-refractivity contribution >= 4 is 17.3 Å². The molecule has 0 unspecified atom stereocenters. The van der Waals surface area contributed by atoms with Crippen LogP contribution in [0.4, 0.5) is 0 Å². The lowest BCUT2D eigenvalue weighted by molar-refractivity contribution is -0.140. The van der Waals surface area contributed by atoms with Gasteiger partial charge in [0.1, 0.15) is 6.61 Å². The molecule has 0 aromatic carbocycles. The van der Waals surface area contributed by atoms with E-state index >= 15 is 0 Å². The lowest BCUT2D eigenvalue weighted by Crippen LogP contribution is -2.03. The van der Waals surface area contributed by atoms with E-state index in [4.69, 9.17) is 4.74 Å². The van der Waals surface area contributed by atoms with Crippen LogP contribution in [0.25, 0.3) is 0 Å². The van der Waals surface area contributed by atoms with Gasteiger partial charge in [-0.15, -0.1) is 0 Å². The fourth-order valence-corrected chi connectivity index (χ4v) is 1.30. The van der Waals surface area contributed by atoms with E-state index < -0.39 is 0 Å². The molecule has 0 saturated heterocycles. The second-order valence-corrected chi connectivity index (χ2v) is 3.27. The fraction of sp³-hybridized carbons (Fsp3) is 0.222. The summed E-state index contributed by atoms with van der Waals surface area (Å²) in [5, 5.41) is 3.90. The van der Waals surface area contributed by atoms with Gasteiger partial charge in [-0.2, -0.15) is 11.3 Å². The predicted molar refractivity (Wildman–Crippen MR) is 48.9 cm³/mol. The van der Waals surface area contributed by atoms with E-state index in [1.165, 1.54) is 0 Å². The minimum Gasteiger partial charge on any atom is -0.457 e. The zero-order chi connectivity index (χ0) is 8.97. The van der Waals surface area contributed by atoms with Gasteiger partial charge in [-0.1, -0.05) is 6.58 Å². The molecule has 12 heavy (non-hydrogen) atoms. The van der Waals surface area contributed by atoms with Crippen LogP contribution in [0, 0.1) is 0 Å². The van der Waals surface area contributed by atoms with Crippen LogP contribution in [-0.4, -0.2) is 5.97 Å². The highest BCUT2D eigenvalue weighted by molar-refractivity contribution is 7.07. The highest BCUT2D eigenvalue weighted by Gasteiger charge is 2.02. The Morgan fingerprint density at radius 2 is 2.50 bits per heavy atom. The van der Waals surface area contributed by atoms with Crippen molar-refractivity contribution < 1.29 is 9.53 Å². The first kappa shape index (κ1) is 9.00. The van der Waals surface area contributed by atoms with Gasteiger partial charge in [0.05, 0.1) is 0 Å². The number of carbonyl (C=O) groups excluding carboxylic acids is 1. The highest BCUT2D eigenvalue weighted by Crippen LogP contribution is 2.07. The molecule has 0 amide bonds. The monoisotopic (exact) mass is 182 g/mol. The molecule has 0 atom stereocenters. The van der Waals surface area contributed by atoms with Gasteiger partial charge in [-0.05, 0) is 23.8 Å². The largest absolute Gasteiger partial charge is 0.457 e. The minimum atomic E-state index is -0.332. The van der Waals surface area contributed by atoms with Crippen molar-refractivity contribution in [3.63, 3.8) is 0 Å². The number of esters is 1. The Hall–Kier alpha value is -1.09. The number of ether oxygens (including phenoxy) is 1. The van der Waals surface area contributed by atoms with Crippen molar-refractivity contribution in [1.29, 1.82) is 0 Å². The summed E-state index contributed by atoms with van der Waals surface area (Å²) >= 11 is 1.59. The summed E-state index contributed by atoms with van der Waals surface area (Å²) in [4.78, 5) is 10.9. The average Bonchev–Trinajstić information content (AvgIpc) is 2.51. The van der Waals surface area contributed by atoms with E-state index in [0.29, 0.717) is 12.2 Å². The Balaban J connectivity index is 2.37. The molecule has 0 radical (unpaired) electrons. The van der Waals surface area contributed by atoms with Gasteiger partial charge in [0.15, 0.2) is 0 Å². The predicted octanol–water partition coefficient (Wildman–Crippen LogP) is 2.37. The number of hydrogen-bond donors (Lipinski definition) is 0. The molecule has 1 aromatic heterocycles. The summed E-state index contributed by atoms with van der Waals surface area (Å²) in [6.07, 6.45) is 0. The number of hydrogen-bond acceptors (Lipinski definition) is 3. The standard InChI is InChI=1S/C9H10O2S/c1-7(2)9(10)11-5-8-3-4-12-6-8/h3-4,6H,1,5H2,2H3. The SMILES string of the molecule is C=C(C)C(=O)OCc1ccsc1. The molecule has 0 fully saturated rings. The van der Waals surface area contributed by atoms with Crippen molar-refractivity contribution in [2.24, 2.45) is 0 Å². The fourth-order valence-electron chi connectivity index (χ4n) is 0.647. The first-order chi connectivity index (χ1) is 5.70. The van der Waals surface area contributed by atoms with Crippen molar-refractivity contribution in [3.05, 3.63) is 34.5 Å². The molecule has 0 saturated carbocycles. The van der Waals surface area contributed by atoms with E-state index in [0.717, 1.165) is 5.56 Å². The Bertz CT molecular complexity index is 275. The highest BCUT2D eigenvalue weighted by atomic mass is 32.1. The maximum Gasteiger partial charge on any atom is 0.333 e. The molecule has 1 aromatic rings. The third kappa shape index (κ3) is 2.51. The molecule has 0 bridgehead atoms. The van der Waals surface area contributed by atoms with Crippen LogP contribution in [0.2, 0.25) is 0 Å². The van der Waals surface area contributed by atoms with Crippen LogP contribution in [0.1, 0.15) is 12.5 Å². The molecule has 64 valence electrons. The molecule has 0 aliphatic carbocycles. The Labute approximate surface area is 75.5 Å². The maximum absolute atomic E-state index is 10.9. The summed E-state index contributed by atoms with van der Waals surface area (Å²) in [6.45, 7) is 5.46. The molecule has 1 rings (SSSR count). The summed E-state index contributed by atoms with van der Waals surface area (Å²) < 4.78 is 4.92. The first-order valence-electron chi connectivity index (χ1n) is 3.54. The molecule has 0 N–H and O–H groups in total. The van der Waals surface area contributed by atoms with E-state index in [1.54, 1.807) is 18.3 Å². The van der Waals surface area contributed by atoms with Crippen LogP contribution in [0.5, 0.6) is 0 Å². The topological polar surface area (TPSA) is 26.3 Å². The molecule has 0 aliphatic heterocycles. The molecule has 0 spiro atoms. The van der Waals surface area contributed by atoms with Crippen LogP contribution in [0.15, 0.2) is 29.0 Å². The molecule has 2 nitrogen and oxygen atoms in total. The van der Waals surface area contributed by atoms with E-state index in [2.05, 4.69) is 6.58 Å². The van der Waals surface area contributed by atoms with E-state index in [1.807, 2.05) is 16.8 Å². The van der Waals surface area contributed by atoms with Gasteiger partial charge in [0.2, 0.25) is 0 Å². The van der Waals surface area contributed by atoms with Crippen LogP contribution < -0.4 is 0 Å². The zero-order valence-corrected chi connectivity index (χ0v) is 7.69. The first-order valence-corrected chi connectivity index (χ1v) is 4.48.